The molecule has 29 heavy (non-hydrogen) atoms. The van der Waals surface area contributed by atoms with Gasteiger partial charge in [-0.2, -0.15) is 0 Å². The Morgan fingerprint density at radius 1 is 1.03 bits per heavy atom. The lowest BCUT2D eigenvalue weighted by Crippen LogP contribution is -2.15. The van der Waals surface area contributed by atoms with E-state index in [-0.39, 0.29) is 18.1 Å². The third kappa shape index (κ3) is 6.02. The zero-order chi connectivity index (χ0) is 20.6. The van der Waals surface area contributed by atoms with Gasteiger partial charge >= 0.3 is 0 Å². The monoisotopic (exact) mass is 424 g/mol. The number of hydrogen-bond donors (Lipinski definition) is 1. The fourth-order valence-corrected chi connectivity index (χ4v) is 4.62. The summed E-state index contributed by atoms with van der Waals surface area (Å²) in [6.07, 6.45) is 2.05. The van der Waals surface area contributed by atoms with Crippen LogP contribution in [0.3, 0.4) is 0 Å². The molecule has 0 saturated heterocycles. The van der Waals surface area contributed by atoms with Crippen LogP contribution in [0.4, 0.5) is 5.69 Å². The van der Waals surface area contributed by atoms with Gasteiger partial charge in [-0.3, -0.25) is 9.59 Å². The summed E-state index contributed by atoms with van der Waals surface area (Å²) < 4.78 is 0.806. The number of hydrogen-bond acceptors (Lipinski definition) is 5. The number of nitrogens with zero attached hydrogens (tertiary/aromatic N) is 1. The van der Waals surface area contributed by atoms with Crippen molar-refractivity contribution in [1.82, 2.24) is 4.98 Å². The summed E-state index contributed by atoms with van der Waals surface area (Å²) in [6.45, 7) is 4.16. The van der Waals surface area contributed by atoms with Crippen molar-refractivity contribution >= 4 is 40.5 Å². The van der Waals surface area contributed by atoms with Crippen LogP contribution in [-0.4, -0.2) is 22.4 Å². The first-order valence-electron chi connectivity index (χ1n) is 9.66. The van der Waals surface area contributed by atoms with E-state index in [1.165, 1.54) is 28.7 Å². The van der Waals surface area contributed by atoms with Crippen LogP contribution in [0.1, 0.15) is 41.0 Å². The van der Waals surface area contributed by atoms with Gasteiger partial charge in [-0.15, -0.1) is 11.3 Å². The maximum Gasteiger partial charge on any atom is 0.230 e. The van der Waals surface area contributed by atoms with Crippen LogP contribution in [0, 0.1) is 0 Å². The van der Waals surface area contributed by atoms with Crippen LogP contribution >= 0.6 is 23.1 Å². The molecule has 0 saturated carbocycles. The van der Waals surface area contributed by atoms with E-state index in [1.807, 2.05) is 53.9 Å². The standard InChI is InChI=1S/C23H24N2O2S2/c1-3-16-9-11-18(12-10-16)21(26)15-29-23-24-19(14-28-23)13-22(27)25-20-8-6-5-7-17(20)4-2/h5-12,14H,3-4,13,15H2,1-2H3,(H,25,27). The van der Waals surface area contributed by atoms with E-state index < -0.39 is 0 Å². The Morgan fingerprint density at radius 3 is 2.52 bits per heavy atom. The van der Waals surface area contributed by atoms with Gasteiger partial charge in [0.05, 0.1) is 17.9 Å². The second-order valence-electron chi connectivity index (χ2n) is 6.60. The molecule has 0 aliphatic rings. The van der Waals surface area contributed by atoms with Crippen molar-refractivity contribution in [3.63, 3.8) is 0 Å². The second-order valence-corrected chi connectivity index (χ2v) is 8.68. The van der Waals surface area contributed by atoms with Gasteiger partial charge in [0.25, 0.3) is 0 Å². The summed E-state index contributed by atoms with van der Waals surface area (Å²) in [4.78, 5) is 29.2. The van der Waals surface area contributed by atoms with Crippen molar-refractivity contribution in [1.29, 1.82) is 0 Å². The van der Waals surface area contributed by atoms with Gasteiger partial charge in [0.2, 0.25) is 5.91 Å². The molecule has 2 aromatic carbocycles. The molecule has 0 atom stereocenters. The van der Waals surface area contributed by atoms with Crippen molar-refractivity contribution in [2.45, 2.75) is 37.4 Å². The first kappa shape index (κ1) is 21.3. The molecular formula is C23H24N2O2S2. The molecule has 1 amide bonds. The number of ketones is 1. The smallest absolute Gasteiger partial charge is 0.230 e. The van der Waals surface area contributed by atoms with Gasteiger partial charge < -0.3 is 5.32 Å². The molecule has 1 heterocycles. The van der Waals surface area contributed by atoms with Crippen molar-refractivity contribution in [2.24, 2.45) is 0 Å². The number of carbonyl (C=O) groups excluding carboxylic acids is 2. The molecule has 3 rings (SSSR count). The number of Topliss-reactive ketones (excluding diaryl/α,β-unsaturated/α-hetero) is 1. The van der Waals surface area contributed by atoms with Crippen LogP contribution in [0.5, 0.6) is 0 Å². The van der Waals surface area contributed by atoms with Gasteiger partial charge in [0.1, 0.15) is 0 Å². The maximum absolute atomic E-state index is 12.4. The number of carbonyl (C=O) groups is 2. The summed E-state index contributed by atoms with van der Waals surface area (Å²) in [5.41, 5.74) is 4.63. The molecule has 0 aliphatic carbocycles. The largest absolute Gasteiger partial charge is 0.325 e. The highest BCUT2D eigenvalue weighted by atomic mass is 32.2. The van der Waals surface area contributed by atoms with Crippen molar-refractivity contribution < 1.29 is 9.59 Å². The van der Waals surface area contributed by atoms with Crippen LogP contribution in [-0.2, 0) is 24.1 Å². The molecule has 6 heteroatoms. The summed E-state index contributed by atoms with van der Waals surface area (Å²) in [7, 11) is 0. The van der Waals surface area contributed by atoms with Crippen molar-refractivity contribution in [3.05, 3.63) is 76.3 Å². The number of anilines is 1. The van der Waals surface area contributed by atoms with Crippen LogP contribution in [0.2, 0.25) is 0 Å². The SMILES string of the molecule is CCc1ccc(C(=O)CSc2nc(CC(=O)Nc3ccccc3CC)cs2)cc1. The molecule has 3 aromatic rings. The van der Waals surface area contributed by atoms with Gasteiger partial charge in [0.15, 0.2) is 10.1 Å². The average Bonchev–Trinajstić information content (AvgIpc) is 3.19. The highest BCUT2D eigenvalue weighted by molar-refractivity contribution is 8.01. The number of para-hydroxylation sites is 1. The number of amides is 1. The highest BCUT2D eigenvalue weighted by Crippen LogP contribution is 2.24. The Hall–Kier alpha value is -2.44. The van der Waals surface area contributed by atoms with Gasteiger partial charge in [-0.05, 0) is 30.0 Å². The summed E-state index contributed by atoms with van der Waals surface area (Å²) in [6, 6.07) is 15.6. The van der Waals surface area contributed by atoms with Crippen molar-refractivity contribution in [3.8, 4) is 0 Å². The molecule has 0 fully saturated rings. The lowest BCUT2D eigenvalue weighted by atomic mass is 10.1. The zero-order valence-electron chi connectivity index (χ0n) is 16.6. The van der Waals surface area contributed by atoms with E-state index >= 15 is 0 Å². The molecule has 0 bridgehead atoms. The molecule has 4 nitrogen and oxygen atoms in total. The minimum Gasteiger partial charge on any atom is -0.325 e. The zero-order valence-corrected chi connectivity index (χ0v) is 18.2. The second kappa shape index (κ2) is 10.4. The van der Waals surface area contributed by atoms with Gasteiger partial charge in [-0.25, -0.2) is 4.98 Å². The third-order valence-corrected chi connectivity index (χ3v) is 6.63. The molecular weight excluding hydrogens is 400 g/mol. The maximum atomic E-state index is 12.4. The number of thioether (sulfide) groups is 1. The summed E-state index contributed by atoms with van der Waals surface area (Å²) in [5, 5.41) is 4.85. The van der Waals surface area contributed by atoms with Crippen molar-refractivity contribution in [2.75, 3.05) is 11.1 Å². The van der Waals surface area contributed by atoms with E-state index in [2.05, 4.69) is 24.1 Å². The first-order chi connectivity index (χ1) is 14.1. The lowest BCUT2D eigenvalue weighted by Gasteiger charge is -2.08. The Balaban J connectivity index is 1.52. The fraction of sp³-hybridized carbons (Fsp3) is 0.261. The lowest BCUT2D eigenvalue weighted by molar-refractivity contribution is -0.115. The number of thiazole rings is 1. The van der Waals surface area contributed by atoms with Gasteiger partial charge in [0, 0.05) is 16.6 Å². The Morgan fingerprint density at radius 2 is 1.79 bits per heavy atom. The number of benzene rings is 2. The predicted molar refractivity (Wildman–Crippen MR) is 121 cm³/mol. The van der Waals surface area contributed by atoms with E-state index in [9.17, 15) is 9.59 Å². The Bertz CT molecular complexity index is 981. The molecule has 150 valence electrons. The van der Waals surface area contributed by atoms with Crippen LogP contribution in [0.25, 0.3) is 0 Å². The Kier molecular flexibility index (Phi) is 7.61. The van der Waals surface area contributed by atoms with Crippen LogP contribution < -0.4 is 5.32 Å². The van der Waals surface area contributed by atoms with Gasteiger partial charge in [-0.1, -0.05) is 68.1 Å². The minimum absolute atomic E-state index is 0.0835. The minimum atomic E-state index is -0.0835. The normalized spacial score (nSPS) is 10.7. The molecule has 0 aliphatic heterocycles. The molecule has 0 radical (unpaired) electrons. The van der Waals surface area contributed by atoms with E-state index in [4.69, 9.17) is 0 Å². The average molecular weight is 425 g/mol. The number of aryl methyl sites for hydroxylation is 2. The quantitative estimate of drug-likeness (QED) is 0.368. The van der Waals surface area contributed by atoms with Crippen LogP contribution in [0.15, 0.2) is 58.3 Å². The number of nitrogens with one attached hydrogen (secondary N) is 1. The topological polar surface area (TPSA) is 59.1 Å². The molecule has 1 aromatic heterocycles. The number of rotatable bonds is 9. The fourth-order valence-electron chi connectivity index (χ4n) is 2.88. The van der Waals surface area contributed by atoms with E-state index in [1.54, 1.807) is 0 Å². The molecule has 1 N–H and O–H groups in total. The summed E-state index contributed by atoms with van der Waals surface area (Å²) >= 11 is 2.89. The van der Waals surface area contributed by atoms with E-state index in [0.29, 0.717) is 5.75 Å². The Labute approximate surface area is 179 Å². The molecule has 0 unspecified atom stereocenters. The summed E-state index contributed by atoms with van der Waals surface area (Å²) in [5.74, 6) is 0.345. The number of aromatic nitrogens is 1. The van der Waals surface area contributed by atoms with E-state index in [0.717, 1.165) is 39.7 Å². The third-order valence-electron chi connectivity index (χ3n) is 4.56. The molecule has 0 spiro atoms. The highest BCUT2D eigenvalue weighted by Gasteiger charge is 2.12. The predicted octanol–water partition coefficient (Wildman–Crippen LogP) is 5.42. The first-order valence-corrected chi connectivity index (χ1v) is 11.5.